The Bertz CT molecular complexity index is 3580. The first-order valence-electron chi connectivity index (χ1n) is 22.1. The number of hydrogen-bond donors (Lipinski definition) is 0. The standard InChI is InChI=1S/C52H34N2O/c1-2-13-35(14-3-1)36-25-28-38(29-26-36)53(39-30-32-40(33-31-39)54-49-23-10-6-17-42(49)43-18-7-11-24-50(43)54)48-22-9-8-19-44(48)45-20-12-21-46-47-34-27-37-15-4-5-16-41(37)51(47)55-52(45)46/h1-34H/i25D,26D,28D,29D,30D,31D,32D,33D. The van der Waals surface area contributed by atoms with Crippen LogP contribution in [0.25, 0.3) is 82.5 Å². The van der Waals surface area contributed by atoms with E-state index in [2.05, 4.69) is 6.07 Å². The van der Waals surface area contributed by atoms with Crippen molar-refractivity contribution in [2.75, 3.05) is 4.90 Å². The second kappa shape index (κ2) is 12.6. The molecule has 0 aliphatic rings. The largest absolute Gasteiger partial charge is 0.455 e. The van der Waals surface area contributed by atoms with Gasteiger partial charge in [-0.25, -0.2) is 0 Å². The van der Waals surface area contributed by atoms with E-state index in [9.17, 15) is 11.0 Å². The van der Waals surface area contributed by atoms with Gasteiger partial charge in [0.15, 0.2) is 0 Å². The summed E-state index contributed by atoms with van der Waals surface area (Å²) in [6.45, 7) is 0. The molecule has 0 aliphatic carbocycles. The van der Waals surface area contributed by atoms with Crippen LogP contribution in [-0.2, 0) is 0 Å². The molecule has 11 rings (SSSR count). The molecule has 9 aromatic carbocycles. The van der Waals surface area contributed by atoms with Crippen LogP contribution in [0.4, 0.5) is 17.1 Å². The maximum absolute atomic E-state index is 9.82. The summed E-state index contributed by atoms with van der Waals surface area (Å²) in [7, 11) is 0. The summed E-state index contributed by atoms with van der Waals surface area (Å²) in [6.07, 6.45) is 0. The van der Waals surface area contributed by atoms with Crippen molar-refractivity contribution in [2.24, 2.45) is 0 Å². The van der Waals surface area contributed by atoms with Crippen LogP contribution < -0.4 is 4.90 Å². The van der Waals surface area contributed by atoms with E-state index >= 15 is 0 Å². The van der Waals surface area contributed by atoms with Crippen molar-refractivity contribution in [1.82, 2.24) is 4.57 Å². The van der Waals surface area contributed by atoms with Gasteiger partial charge in [0.05, 0.1) is 27.7 Å². The molecule has 0 spiro atoms. The number of rotatable bonds is 6. The van der Waals surface area contributed by atoms with Crippen molar-refractivity contribution in [3.8, 4) is 27.9 Å². The van der Waals surface area contributed by atoms with Crippen molar-refractivity contribution in [3.63, 3.8) is 0 Å². The third-order valence-electron chi connectivity index (χ3n) is 10.3. The first-order chi connectivity index (χ1) is 30.7. The second-order valence-electron chi connectivity index (χ2n) is 13.5. The van der Waals surface area contributed by atoms with Gasteiger partial charge >= 0.3 is 0 Å². The van der Waals surface area contributed by atoms with Gasteiger partial charge in [-0.3, -0.25) is 0 Å². The maximum Gasteiger partial charge on any atom is 0.143 e. The van der Waals surface area contributed by atoms with Crippen LogP contribution in [0.5, 0.6) is 0 Å². The topological polar surface area (TPSA) is 21.3 Å². The van der Waals surface area contributed by atoms with Crippen LogP contribution in [0.1, 0.15) is 11.0 Å². The highest BCUT2D eigenvalue weighted by atomic mass is 16.3. The molecule has 11 aromatic rings. The maximum atomic E-state index is 9.82. The van der Waals surface area contributed by atoms with Crippen LogP contribution in [0.15, 0.2) is 210 Å². The molecule has 0 fully saturated rings. The van der Waals surface area contributed by atoms with Crippen molar-refractivity contribution in [2.45, 2.75) is 0 Å². The van der Waals surface area contributed by atoms with E-state index in [0.29, 0.717) is 44.6 Å². The van der Waals surface area contributed by atoms with Crippen molar-refractivity contribution < 1.29 is 15.4 Å². The van der Waals surface area contributed by atoms with E-state index in [4.69, 9.17) is 4.42 Å². The molecule has 0 saturated carbocycles. The fourth-order valence-corrected chi connectivity index (χ4v) is 7.84. The van der Waals surface area contributed by atoms with Gasteiger partial charge in [0.1, 0.15) is 11.2 Å². The summed E-state index contributed by atoms with van der Waals surface area (Å²) in [5, 5.41) is 5.51. The predicted octanol–water partition coefficient (Wildman–Crippen LogP) is 14.6. The van der Waals surface area contributed by atoms with Gasteiger partial charge in [0.25, 0.3) is 0 Å². The molecule has 0 bridgehead atoms. The van der Waals surface area contributed by atoms with Crippen LogP contribution >= 0.6 is 0 Å². The monoisotopic (exact) mass is 710 g/mol. The zero-order chi connectivity index (χ0) is 43.3. The molecule has 0 amide bonds. The Morgan fingerprint density at radius 2 is 0.964 bits per heavy atom. The molecule has 0 aliphatic heterocycles. The summed E-state index contributed by atoms with van der Waals surface area (Å²) in [5.74, 6) is 0. The molecular formula is C52H34N2O. The van der Waals surface area contributed by atoms with E-state index in [-0.39, 0.29) is 46.8 Å². The SMILES string of the molecule is [2H]c1c([2H])c(N(c2ccccc2-c2cccc3c2oc2c4ccccc4ccc32)c2c([2H])c([2H])c(-n3c4ccccc4c4ccccc43)c([2H])c2[2H])c([2H])c([2H])c1-c1ccccc1. The minimum Gasteiger partial charge on any atom is -0.455 e. The van der Waals surface area contributed by atoms with E-state index < -0.39 is 24.2 Å². The van der Waals surface area contributed by atoms with Gasteiger partial charge < -0.3 is 13.9 Å². The molecule has 0 radical (unpaired) electrons. The average Bonchev–Trinajstić information content (AvgIpc) is 3.87. The Morgan fingerprint density at radius 3 is 1.71 bits per heavy atom. The van der Waals surface area contributed by atoms with E-state index in [0.717, 1.165) is 32.3 Å². The lowest BCUT2D eigenvalue weighted by Crippen LogP contribution is -2.11. The first kappa shape index (κ1) is 24.1. The van der Waals surface area contributed by atoms with Gasteiger partial charge in [-0.1, -0.05) is 146 Å². The predicted molar refractivity (Wildman–Crippen MR) is 231 cm³/mol. The minimum atomic E-state index is -0.430. The number of nitrogens with zero attached hydrogens (tertiary/aromatic N) is 2. The highest BCUT2D eigenvalue weighted by Gasteiger charge is 2.21. The number of hydrogen-bond acceptors (Lipinski definition) is 2. The summed E-state index contributed by atoms with van der Waals surface area (Å²) in [6, 6.07) is 46.1. The molecule has 0 N–H and O–H groups in total. The van der Waals surface area contributed by atoms with E-state index in [1.165, 1.54) is 4.90 Å². The van der Waals surface area contributed by atoms with Gasteiger partial charge in [0, 0.05) is 55.1 Å². The molecule has 0 atom stereocenters. The lowest BCUT2D eigenvalue weighted by molar-refractivity contribution is 0.674. The van der Waals surface area contributed by atoms with Gasteiger partial charge in [-0.15, -0.1) is 0 Å². The van der Waals surface area contributed by atoms with E-state index in [1.807, 2.05) is 115 Å². The van der Waals surface area contributed by atoms with Crippen molar-refractivity contribution in [3.05, 3.63) is 206 Å². The number of aromatic nitrogens is 1. The van der Waals surface area contributed by atoms with Crippen LogP contribution in [-0.4, -0.2) is 4.57 Å². The lowest BCUT2D eigenvalue weighted by Gasteiger charge is -2.28. The highest BCUT2D eigenvalue weighted by molar-refractivity contribution is 6.17. The Balaban J connectivity index is 1.23. The third-order valence-corrected chi connectivity index (χ3v) is 10.3. The molecule has 0 saturated heterocycles. The summed E-state index contributed by atoms with van der Waals surface area (Å²) in [5.41, 5.74) is 4.34. The smallest absolute Gasteiger partial charge is 0.143 e. The quantitative estimate of drug-likeness (QED) is 0.171. The number of furan rings is 1. The Hall–Kier alpha value is -7.36. The molecule has 2 heterocycles. The summed E-state index contributed by atoms with van der Waals surface area (Å²) >= 11 is 0. The van der Waals surface area contributed by atoms with Crippen molar-refractivity contribution in [1.29, 1.82) is 0 Å². The molecule has 258 valence electrons. The molecule has 3 heteroatoms. The van der Waals surface area contributed by atoms with Gasteiger partial charge in [-0.2, -0.15) is 0 Å². The Kier molecular flexibility index (Phi) is 5.53. The number of para-hydroxylation sites is 4. The highest BCUT2D eigenvalue weighted by Crippen LogP contribution is 2.45. The molecule has 2 aromatic heterocycles. The molecular weight excluding hydrogens is 669 g/mol. The Morgan fingerprint density at radius 1 is 0.400 bits per heavy atom. The summed E-state index contributed by atoms with van der Waals surface area (Å²) in [4.78, 5) is 1.37. The Labute approximate surface area is 329 Å². The first-order valence-corrected chi connectivity index (χ1v) is 18.1. The normalized spacial score (nSPS) is 13.7. The molecule has 3 nitrogen and oxygen atoms in total. The molecule has 55 heavy (non-hydrogen) atoms. The number of fused-ring (bicyclic) bond motifs is 8. The number of anilines is 3. The fraction of sp³-hybridized carbons (Fsp3) is 0. The van der Waals surface area contributed by atoms with E-state index in [1.54, 1.807) is 41.0 Å². The van der Waals surface area contributed by atoms with Gasteiger partial charge in [-0.05, 0) is 77.0 Å². The number of benzene rings is 9. The van der Waals surface area contributed by atoms with Crippen LogP contribution in [0.2, 0.25) is 0 Å². The van der Waals surface area contributed by atoms with Crippen LogP contribution in [0, 0.1) is 0 Å². The molecule has 0 unspecified atom stereocenters. The lowest BCUT2D eigenvalue weighted by atomic mass is 9.98. The van der Waals surface area contributed by atoms with Gasteiger partial charge in [0.2, 0.25) is 0 Å². The second-order valence-corrected chi connectivity index (χ2v) is 13.5. The average molecular weight is 711 g/mol. The minimum absolute atomic E-state index is 0.0395. The van der Waals surface area contributed by atoms with Crippen molar-refractivity contribution >= 4 is 71.6 Å². The zero-order valence-electron chi connectivity index (χ0n) is 37.3. The fourth-order valence-electron chi connectivity index (χ4n) is 7.84. The van der Waals surface area contributed by atoms with Crippen LogP contribution in [0.3, 0.4) is 0 Å². The summed E-state index contributed by atoms with van der Waals surface area (Å²) < 4.78 is 85.5. The zero-order valence-corrected chi connectivity index (χ0v) is 29.3. The third kappa shape index (κ3) is 5.05.